The third-order valence-corrected chi connectivity index (χ3v) is 7.04. The molecule has 0 amide bonds. The molecule has 2 fully saturated rings. The van der Waals surface area contributed by atoms with Crippen LogP contribution in [0.3, 0.4) is 0 Å². The first kappa shape index (κ1) is 18.0. The number of hydrogen-bond donors (Lipinski definition) is 0. The molecule has 0 radical (unpaired) electrons. The molecule has 142 valence electrons. The van der Waals surface area contributed by atoms with E-state index in [1.54, 1.807) is 5.57 Å². The van der Waals surface area contributed by atoms with Crippen molar-refractivity contribution in [1.29, 1.82) is 0 Å². The van der Waals surface area contributed by atoms with Crippen molar-refractivity contribution in [3.8, 4) is 0 Å². The molecule has 26 heavy (non-hydrogen) atoms. The second-order valence-corrected chi connectivity index (χ2v) is 8.80. The van der Waals surface area contributed by atoms with Gasteiger partial charge in [0.15, 0.2) is 0 Å². The summed E-state index contributed by atoms with van der Waals surface area (Å²) in [6, 6.07) is 0.637. The minimum absolute atomic E-state index is 0.637. The number of rotatable bonds is 6. The number of aryl methyl sites for hydroxylation is 1. The van der Waals surface area contributed by atoms with E-state index in [4.69, 9.17) is 0 Å². The predicted octanol–water partition coefficient (Wildman–Crippen LogP) is 5.83. The molecule has 0 aromatic carbocycles. The van der Waals surface area contributed by atoms with E-state index in [9.17, 15) is 0 Å². The third-order valence-electron chi connectivity index (χ3n) is 7.04. The standard InChI is InChI=1S/C23H35N3/c1-3-4-5-6-9-17(2)16-21-19-12-14-22-23(15-13-20(19)21)26(25-24-22)18-10-7-8-11-18/h4-5,9,18-21H,3,6-8,10-16H2,1-2H3/b5-4+,17-9+. The van der Waals surface area contributed by atoms with Crippen molar-refractivity contribution in [2.75, 3.05) is 0 Å². The van der Waals surface area contributed by atoms with Crippen LogP contribution < -0.4 is 0 Å². The molecule has 0 bridgehead atoms. The zero-order valence-corrected chi connectivity index (χ0v) is 16.7. The van der Waals surface area contributed by atoms with E-state index in [1.807, 2.05) is 0 Å². The van der Waals surface area contributed by atoms with Crippen molar-refractivity contribution in [2.45, 2.75) is 90.5 Å². The molecule has 3 unspecified atom stereocenters. The molecule has 0 spiro atoms. The largest absolute Gasteiger partial charge is 0.246 e. The number of hydrogen-bond acceptors (Lipinski definition) is 2. The van der Waals surface area contributed by atoms with Crippen LogP contribution in [0.4, 0.5) is 0 Å². The van der Waals surface area contributed by atoms with Crippen LogP contribution in [0.2, 0.25) is 0 Å². The van der Waals surface area contributed by atoms with Gasteiger partial charge in [0.2, 0.25) is 0 Å². The highest BCUT2D eigenvalue weighted by atomic mass is 15.4. The van der Waals surface area contributed by atoms with E-state index in [0.717, 1.165) is 37.0 Å². The van der Waals surface area contributed by atoms with Crippen LogP contribution in [0.25, 0.3) is 0 Å². The van der Waals surface area contributed by atoms with Gasteiger partial charge in [-0.15, -0.1) is 5.10 Å². The summed E-state index contributed by atoms with van der Waals surface area (Å²) in [6.45, 7) is 4.53. The van der Waals surface area contributed by atoms with E-state index in [0.29, 0.717) is 6.04 Å². The summed E-state index contributed by atoms with van der Waals surface area (Å²) in [5, 5.41) is 9.16. The Labute approximate surface area is 158 Å². The molecule has 3 atom stereocenters. The minimum Gasteiger partial charge on any atom is -0.246 e. The predicted molar refractivity (Wildman–Crippen MR) is 107 cm³/mol. The second-order valence-electron chi connectivity index (χ2n) is 8.80. The Morgan fingerprint density at radius 3 is 2.62 bits per heavy atom. The number of nitrogens with zero attached hydrogens (tertiary/aromatic N) is 3. The minimum atomic E-state index is 0.637. The number of fused-ring (bicyclic) bond motifs is 2. The Morgan fingerprint density at radius 1 is 1.08 bits per heavy atom. The molecular weight excluding hydrogens is 318 g/mol. The fraction of sp³-hybridized carbons (Fsp3) is 0.739. The van der Waals surface area contributed by atoms with Crippen LogP contribution in [0, 0.1) is 17.8 Å². The molecule has 4 rings (SSSR count). The van der Waals surface area contributed by atoms with Crippen LogP contribution >= 0.6 is 0 Å². The first-order valence-electron chi connectivity index (χ1n) is 11.0. The highest BCUT2D eigenvalue weighted by Gasteiger charge is 2.49. The SMILES string of the molecule is CC/C=C/C/C=C(\C)CC1C2CCc3nnn(C4CCCC4)c3CCC21. The van der Waals surface area contributed by atoms with Gasteiger partial charge in [-0.3, -0.25) is 0 Å². The Bertz CT molecular complexity index is 663. The number of allylic oxidation sites excluding steroid dienone is 4. The molecule has 3 aliphatic carbocycles. The Kier molecular flexibility index (Phi) is 5.61. The smallest absolute Gasteiger partial charge is 0.0859 e. The molecule has 3 heteroatoms. The highest BCUT2D eigenvalue weighted by Crippen LogP contribution is 2.55. The van der Waals surface area contributed by atoms with E-state index in [1.165, 1.54) is 62.8 Å². The summed E-state index contributed by atoms with van der Waals surface area (Å²) in [5.41, 5.74) is 4.39. The molecule has 3 nitrogen and oxygen atoms in total. The molecule has 3 aliphatic rings. The van der Waals surface area contributed by atoms with Crippen LogP contribution in [-0.2, 0) is 12.8 Å². The Balaban J connectivity index is 1.35. The van der Waals surface area contributed by atoms with Gasteiger partial charge in [-0.1, -0.05) is 48.8 Å². The van der Waals surface area contributed by atoms with Gasteiger partial charge in [0.05, 0.1) is 17.4 Å². The normalized spacial score (nSPS) is 29.5. The summed E-state index contributed by atoms with van der Waals surface area (Å²) in [6.07, 6.45) is 21.0. The lowest BCUT2D eigenvalue weighted by atomic mass is 10.0. The maximum atomic E-state index is 4.59. The Hall–Kier alpha value is -1.38. The Morgan fingerprint density at radius 2 is 1.85 bits per heavy atom. The van der Waals surface area contributed by atoms with Crippen LogP contribution in [0.1, 0.15) is 89.1 Å². The van der Waals surface area contributed by atoms with E-state index < -0.39 is 0 Å². The van der Waals surface area contributed by atoms with Gasteiger partial charge in [-0.05, 0) is 82.5 Å². The van der Waals surface area contributed by atoms with Crippen molar-refractivity contribution >= 4 is 0 Å². The first-order chi connectivity index (χ1) is 12.8. The quantitative estimate of drug-likeness (QED) is 0.603. The summed E-state index contributed by atoms with van der Waals surface area (Å²) >= 11 is 0. The van der Waals surface area contributed by atoms with Gasteiger partial charge in [0.1, 0.15) is 0 Å². The summed E-state index contributed by atoms with van der Waals surface area (Å²) in [5.74, 6) is 2.82. The molecule has 0 N–H and O–H groups in total. The van der Waals surface area contributed by atoms with Crippen molar-refractivity contribution in [1.82, 2.24) is 15.0 Å². The van der Waals surface area contributed by atoms with E-state index >= 15 is 0 Å². The van der Waals surface area contributed by atoms with Gasteiger partial charge < -0.3 is 0 Å². The van der Waals surface area contributed by atoms with Crippen molar-refractivity contribution in [2.24, 2.45) is 17.8 Å². The lowest BCUT2D eigenvalue weighted by Crippen LogP contribution is -2.12. The molecule has 2 saturated carbocycles. The topological polar surface area (TPSA) is 30.7 Å². The summed E-state index contributed by atoms with van der Waals surface area (Å²) in [4.78, 5) is 0. The van der Waals surface area contributed by atoms with Crippen molar-refractivity contribution < 1.29 is 0 Å². The maximum absolute atomic E-state index is 4.59. The van der Waals surface area contributed by atoms with Crippen LogP contribution in [-0.4, -0.2) is 15.0 Å². The van der Waals surface area contributed by atoms with Gasteiger partial charge >= 0.3 is 0 Å². The number of aromatic nitrogens is 3. The van der Waals surface area contributed by atoms with E-state index in [-0.39, 0.29) is 0 Å². The summed E-state index contributed by atoms with van der Waals surface area (Å²) in [7, 11) is 0. The highest BCUT2D eigenvalue weighted by molar-refractivity contribution is 5.17. The molecule has 0 saturated heterocycles. The van der Waals surface area contributed by atoms with Crippen LogP contribution in [0.5, 0.6) is 0 Å². The van der Waals surface area contributed by atoms with Gasteiger partial charge in [0.25, 0.3) is 0 Å². The van der Waals surface area contributed by atoms with Gasteiger partial charge in [0, 0.05) is 0 Å². The molecule has 0 aliphatic heterocycles. The third kappa shape index (κ3) is 3.82. The van der Waals surface area contributed by atoms with Gasteiger partial charge in [-0.25, -0.2) is 4.68 Å². The zero-order valence-electron chi connectivity index (χ0n) is 16.7. The average Bonchev–Trinajstić information content (AvgIpc) is 3.01. The monoisotopic (exact) mass is 353 g/mol. The first-order valence-corrected chi connectivity index (χ1v) is 11.0. The fourth-order valence-corrected chi connectivity index (χ4v) is 5.52. The van der Waals surface area contributed by atoms with Crippen molar-refractivity contribution in [3.63, 3.8) is 0 Å². The lowest BCUT2D eigenvalue weighted by Gasteiger charge is -2.15. The lowest BCUT2D eigenvalue weighted by molar-refractivity contribution is 0.431. The maximum Gasteiger partial charge on any atom is 0.0859 e. The molecular formula is C23H35N3. The molecule has 1 aromatic rings. The second kappa shape index (κ2) is 8.10. The van der Waals surface area contributed by atoms with E-state index in [2.05, 4.69) is 47.1 Å². The fourth-order valence-electron chi connectivity index (χ4n) is 5.52. The zero-order chi connectivity index (χ0) is 17.9. The summed E-state index contributed by atoms with van der Waals surface area (Å²) < 4.78 is 2.32. The average molecular weight is 354 g/mol. The van der Waals surface area contributed by atoms with Crippen LogP contribution in [0.15, 0.2) is 23.8 Å². The molecule has 1 heterocycles. The van der Waals surface area contributed by atoms with Crippen molar-refractivity contribution in [3.05, 3.63) is 35.2 Å². The van der Waals surface area contributed by atoms with Gasteiger partial charge in [-0.2, -0.15) is 0 Å². The molecule has 1 aromatic heterocycles.